The van der Waals surface area contributed by atoms with Gasteiger partial charge in [-0.3, -0.25) is 14.8 Å². The van der Waals surface area contributed by atoms with E-state index < -0.39 is 0 Å². The fraction of sp³-hybridized carbons (Fsp3) is 0.647. The van der Waals surface area contributed by atoms with Crippen LogP contribution < -0.4 is 0 Å². The predicted molar refractivity (Wildman–Crippen MR) is 82.5 cm³/mol. The minimum Gasteiger partial charge on any atom is -0.442 e. The third-order valence-electron chi connectivity index (χ3n) is 5.33. The molecule has 0 aromatic carbocycles. The van der Waals surface area contributed by atoms with Gasteiger partial charge >= 0.3 is 6.09 Å². The molecular formula is C17H23N3O2. The van der Waals surface area contributed by atoms with Crippen molar-refractivity contribution in [2.24, 2.45) is 0 Å². The van der Waals surface area contributed by atoms with Gasteiger partial charge in [0.2, 0.25) is 0 Å². The number of carbonyl (C=O) groups is 1. The first-order valence-corrected chi connectivity index (χ1v) is 8.42. The highest BCUT2D eigenvalue weighted by molar-refractivity contribution is 5.71. The summed E-state index contributed by atoms with van der Waals surface area (Å²) in [5.41, 5.74) is 1.03. The molecule has 5 heteroatoms. The minimum atomic E-state index is -0.142. The summed E-state index contributed by atoms with van der Waals surface area (Å²) in [6.07, 6.45) is 7.83. The maximum absolute atomic E-state index is 12.1. The number of amides is 1. The highest BCUT2D eigenvalue weighted by atomic mass is 16.6. The molecule has 22 heavy (non-hydrogen) atoms. The molecule has 5 nitrogen and oxygen atoms in total. The Morgan fingerprint density at radius 2 is 2.09 bits per heavy atom. The average Bonchev–Trinajstić information content (AvgIpc) is 3.22. The number of carbonyl (C=O) groups excluding carboxylic acids is 1. The molecule has 2 atom stereocenters. The number of likely N-dealkylation sites (tertiary alicyclic amines) is 1. The molecule has 1 aliphatic carbocycles. The lowest BCUT2D eigenvalue weighted by Gasteiger charge is -2.26. The Labute approximate surface area is 131 Å². The second-order valence-electron chi connectivity index (χ2n) is 6.65. The maximum Gasteiger partial charge on any atom is 0.410 e. The van der Waals surface area contributed by atoms with Crippen molar-refractivity contribution in [3.05, 3.63) is 30.1 Å². The van der Waals surface area contributed by atoms with Gasteiger partial charge in [-0.2, -0.15) is 0 Å². The van der Waals surface area contributed by atoms with Crippen LogP contribution in [0.1, 0.15) is 31.4 Å². The van der Waals surface area contributed by atoms with E-state index in [4.69, 9.17) is 4.74 Å². The first kappa shape index (κ1) is 14.0. The number of rotatable bonds is 4. The molecule has 1 aromatic rings. The van der Waals surface area contributed by atoms with Crippen LogP contribution in [0.25, 0.3) is 0 Å². The topological polar surface area (TPSA) is 45.7 Å². The lowest BCUT2D eigenvalue weighted by atomic mass is 10.2. The van der Waals surface area contributed by atoms with E-state index in [-0.39, 0.29) is 18.2 Å². The van der Waals surface area contributed by atoms with Crippen LogP contribution >= 0.6 is 0 Å². The fourth-order valence-electron chi connectivity index (χ4n) is 4.14. The van der Waals surface area contributed by atoms with Gasteiger partial charge in [0, 0.05) is 44.0 Å². The third-order valence-corrected chi connectivity index (χ3v) is 5.33. The Morgan fingerprint density at radius 1 is 1.23 bits per heavy atom. The van der Waals surface area contributed by atoms with Gasteiger partial charge in [-0.25, -0.2) is 4.79 Å². The van der Waals surface area contributed by atoms with Gasteiger partial charge < -0.3 is 4.74 Å². The summed E-state index contributed by atoms with van der Waals surface area (Å²) >= 11 is 0. The number of nitrogens with zero attached hydrogens (tertiary/aromatic N) is 3. The van der Waals surface area contributed by atoms with E-state index in [0.29, 0.717) is 12.6 Å². The second kappa shape index (κ2) is 5.88. The van der Waals surface area contributed by atoms with Crippen LogP contribution in [0.5, 0.6) is 0 Å². The minimum absolute atomic E-state index is 0.0665. The third kappa shape index (κ3) is 2.58. The molecule has 0 spiro atoms. The Bertz CT molecular complexity index is 530. The molecule has 3 heterocycles. The molecule has 1 aromatic heterocycles. The SMILES string of the molecule is O=C1O[C@@H]2CN(C3CCCC3)C[C@@H]2N1CCc1ccccn1. The summed E-state index contributed by atoms with van der Waals surface area (Å²) in [6.45, 7) is 2.60. The molecule has 0 N–H and O–H groups in total. The zero-order valence-electron chi connectivity index (χ0n) is 12.9. The molecular weight excluding hydrogens is 278 g/mol. The van der Waals surface area contributed by atoms with Gasteiger partial charge in [-0.05, 0) is 25.0 Å². The van der Waals surface area contributed by atoms with E-state index in [1.165, 1.54) is 25.7 Å². The van der Waals surface area contributed by atoms with Crippen LogP contribution in [0, 0.1) is 0 Å². The van der Waals surface area contributed by atoms with E-state index in [9.17, 15) is 4.79 Å². The van der Waals surface area contributed by atoms with Gasteiger partial charge in [0.05, 0.1) is 6.04 Å². The van der Waals surface area contributed by atoms with Crippen molar-refractivity contribution < 1.29 is 9.53 Å². The van der Waals surface area contributed by atoms with Crippen molar-refractivity contribution >= 4 is 6.09 Å². The number of pyridine rings is 1. The zero-order chi connectivity index (χ0) is 14.9. The van der Waals surface area contributed by atoms with E-state index in [1.54, 1.807) is 6.20 Å². The molecule has 2 saturated heterocycles. The van der Waals surface area contributed by atoms with E-state index >= 15 is 0 Å². The number of fused-ring (bicyclic) bond motifs is 1. The molecule has 4 rings (SSSR count). The summed E-state index contributed by atoms with van der Waals surface area (Å²) in [7, 11) is 0. The largest absolute Gasteiger partial charge is 0.442 e. The molecule has 1 amide bonds. The maximum atomic E-state index is 12.1. The molecule has 118 valence electrons. The summed E-state index contributed by atoms with van der Waals surface area (Å²) in [5.74, 6) is 0. The van der Waals surface area contributed by atoms with Crippen LogP contribution in [-0.4, -0.2) is 58.7 Å². The Balaban J connectivity index is 1.39. The summed E-state index contributed by atoms with van der Waals surface area (Å²) in [4.78, 5) is 20.9. The fourth-order valence-corrected chi connectivity index (χ4v) is 4.14. The van der Waals surface area contributed by atoms with Crippen LogP contribution in [0.15, 0.2) is 24.4 Å². The lowest BCUT2D eigenvalue weighted by Crippen LogP contribution is -2.40. The number of hydrogen-bond acceptors (Lipinski definition) is 4. The monoisotopic (exact) mass is 301 g/mol. The highest BCUT2D eigenvalue weighted by Crippen LogP contribution is 2.32. The van der Waals surface area contributed by atoms with Gasteiger partial charge in [0.15, 0.2) is 0 Å². The van der Waals surface area contributed by atoms with Crippen molar-refractivity contribution in [1.29, 1.82) is 0 Å². The molecule has 2 aliphatic heterocycles. The molecule has 0 bridgehead atoms. The van der Waals surface area contributed by atoms with E-state index in [2.05, 4.69) is 9.88 Å². The first-order valence-electron chi connectivity index (χ1n) is 8.42. The van der Waals surface area contributed by atoms with Crippen LogP contribution in [0.4, 0.5) is 4.79 Å². The number of ether oxygens (including phenoxy) is 1. The van der Waals surface area contributed by atoms with Gasteiger partial charge in [0.25, 0.3) is 0 Å². The average molecular weight is 301 g/mol. The Morgan fingerprint density at radius 3 is 2.86 bits per heavy atom. The smallest absolute Gasteiger partial charge is 0.410 e. The predicted octanol–water partition coefficient (Wildman–Crippen LogP) is 2.07. The van der Waals surface area contributed by atoms with E-state index in [0.717, 1.165) is 25.2 Å². The van der Waals surface area contributed by atoms with Crippen molar-refractivity contribution in [3.63, 3.8) is 0 Å². The van der Waals surface area contributed by atoms with Crippen molar-refractivity contribution in [2.45, 2.75) is 50.3 Å². The Kier molecular flexibility index (Phi) is 3.74. The summed E-state index contributed by atoms with van der Waals surface area (Å²) < 4.78 is 5.60. The lowest BCUT2D eigenvalue weighted by molar-refractivity contribution is 0.112. The first-order chi connectivity index (χ1) is 10.8. The molecule has 3 aliphatic rings. The normalized spacial score (nSPS) is 29.1. The quantitative estimate of drug-likeness (QED) is 0.854. The molecule has 3 fully saturated rings. The van der Waals surface area contributed by atoms with Gasteiger partial charge in [0.1, 0.15) is 6.10 Å². The standard InChI is InChI=1S/C17H23N3O2/c21-17-20(10-8-13-5-3-4-9-18-13)15-11-19(12-16(15)22-17)14-6-1-2-7-14/h3-5,9,14-16H,1-2,6-8,10-12H2/t15-,16+/m0/s1. The molecule has 0 unspecified atom stereocenters. The van der Waals surface area contributed by atoms with Crippen molar-refractivity contribution in [2.75, 3.05) is 19.6 Å². The van der Waals surface area contributed by atoms with Crippen molar-refractivity contribution in [1.82, 2.24) is 14.8 Å². The van der Waals surface area contributed by atoms with Crippen molar-refractivity contribution in [3.8, 4) is 0 Å². The van der Waals surface area contributed by atoms with Gasteiger partial charge in [-0.15, -0.1) is 0 Å². The van der Waals surface area contributed by atoms with Gasteiger partial charge in [-0.1, -0.05) is 18.9 Å². The number of hydrogen-bond donors (Lipinski definition) is 0. The zero-order valence-corrected chi connectivity index (χ0v) is 12.9. The highest BCUT2D eigenvalue weighted by Gasteiger charge is 2.48. The summed E-state index contributed by atoms with van der Waals surface area (Å²) in [5, 5.41) is 0. The Hall–Kier alpha value is -1.62. The van der Waals surface area contributed by atoms with Crippen LogP contribution in [0.2, 0.25) is 0 Å². The second-order valence-corrected chi connectivity index (χ2v) is 6.65. The van der Waals surface area contributed by atoms with Crippen LogP contribution in [0.3, 0.4) is 0 Å². The molecule has 0 radical (unpaired) electrons. The van der Waals surface area contributed by atoms with Crippen LogP contribution in [-0.2, 0) is 11.2 Å². The molecule has 1 saturated carbocycles. The number of aromatic nitrogens is 1. The van der Waals surface area contributed by atoms with E-state index in [1.807, 2.05) is 23.1 Å². The summed E-state index contributed by atoms with van der Waals surface area (Å²) in [6, 6.07) is 6.86.